The zero-order valence-electron chi connectivity index (χ0n) is 13.7. The first-order chi connectivity index (χ1) is 12.2. The van der Waals surface area contributed by atoms with Gasteiger partial charge in [0, 0.05) is 17.7 Å². The van der Waals surface area contributed by atoms with Gasteiger partial charge in [-0.05, 0) is 22.0 Å². The Morgan fingerprint density at radius 2 is 1.78 bits per heavy atom. The fourth-order valence-corrected chi connectivity index (χ4v) is 3.73. The monoisotopic (exact) mass is 479 g/mol. The Morgan fingerprint density at radius 3 is 2.30 bits per heavy atom. The van der Waals surface area contributed by atoms with Gasteiger partial charge < -0.3 is 4.57 Å². The molecule has 0 N–H and O–H groups in total. The topological polar surface area (TPSA) is 64.8 Å². The fraction of sp³-hybridized carbons (Fsp3) is 0.429. The minimum Gasteiger partial charge on any atom is -0.327 e. The number of alkyl halides is 6. The van der Waals surface area contributed by atoms with Crippen LogP contribution in [0.2, 0.25) is 0 Å². The number of imidazole rings is 1. The highest BCUT2D eigenvalue weighted by atomic mass is 79.9. The largest absolute Gasteiger partial charge is 0.456 e. The van der Waals surface area contributed by atoms with Crippen molar-refractivity contribution < 1.29 is 34.8 Å². The van der Waals surface area contributed by atoms with E-state index in [0.29, 0.717) is 15.2 Å². The van der Waals surface area contributed by atoms with Gasteiger partial charge in [0.05, 0.1) is 22.5 Å². The molecule has 5 nitrogen and oxygen atoms in total. The Labute approximate surface area is 158 Å². The molecule has 0 saturated heterocycles. The summed E-state index contributed by atoms with van der Waals surface area (Å²) in [7, 11) is -2.86. The molecule has 2 rings (SSSR count). The first kappa shape index (κ1) is 21.7. The first-order valence-electron chi connectivity index (χ1n) is 7.23. The predicted octanol–water partition coefficient (Wildman–Crippen LogP) is 4.25. The third kappa shape index (κ3) is 3.84. The molecular weight excluding hydrogens is 468 g/mol. The van der Waals surface area contributed by atoms with Crippen LogP contribution in [0, 0.1) is 0 Å². The molecule has 0 saturated carbocycles. The van der Waals surface area contributed by atoms with Gasteiger partial charge in [-0.15, -0.1) is 0 Å². The number of nitrogens with zero attached hydrogens (tertiary/aromatic N) is 3. The van der Waals surface area contributed by atoms with E-state index in [9.17, 15) is 34.8 Å². The van der Waals surface area contributed by atoms with Crippen molar-refractivity contribution in [1.29, 1.82) is 0 Å². The normalized spacial score (nSPS) is 14.4. The van der Waals surface area contributed by atoms with Gasteiger partial charge >= 0.3 is 12.1 Å². The number of aromatic nitrogens is 3. The van der Waals surface area contributed by atoms with Crippen molar-refractivity contribution in [3.05, 3.63) is 28.6 Å². The van der Waals surface area contributed by atoms with Crippen molar-refractivity contribution in [2.75, 3.05) is 5.75 Å². The van der Waals surface area contributed by atoms with Crippen LogP contribution in [-0.2, 0) is 16.9 Å². The van der Waals surface area contributed by atoms with Crippen molar-refractivity contribution in [2.45, 2.75) is 30.1 Å². The second kappa shape index (κ2) is 7.08. The summed E-state index contributed by atoms with van der Waals surface area (Å²) in [5, 5.41) is 0. The van der Waals surface area contributed by atoms with Crippen molar-refractivity contribution in [3.63, 3.8) is 0 Å². The number of sulfone groups is 1. The van der Waals surface area contributed by atoms with Gasteiger partial charge in [0.2, 0.25) is 6.17 Å². The molecular formula is C14H12BrF6N3O2S. The summed E-state index contributed by atoms with van der Waals surface area (Å²) in [6, 6.07) is 1.19. The second-order valence-electron chi connectivity index (χ2n) is 5.45. The van der Waals surface area contributed by atoms with E-state index in [0.717, 1.165) is 7.05 Å². The van der Waals surface area contributed by atoms with E-state index in [2.05, 4.69) is 25.9 Å². The molecule has 0 bridgehead atoms. The summed E-state index contributed by atoms with van der Waals surface area (Å²) in [4.78, 5) is 7.16. The summed E-state index contributed by atoms with van der Waals surface area (Å²) in [5.74, 6) is -6.35. The molecule has 0 fully saturated rings. The van der Waals surface area contributed by atoms with E-state index in [1.807, 2.05) is 0 Å². The molecule has 13 heteroatoms. The average molecular weight is 480 g/mol. The van der Waals surface area contributed by atoms with E-state index in [1.165, 1.54) is 19.2 Å². The van der Waals surface area contributed by atoms with Crippen LogP contribution in [-0.4, -0.2) is 40.8 Å². The highest BCUT2D eigenvalue weighted by molar-refractivity contribution is 9.10. The molecule has 150 valence electrons. The maximum absolute atomic E-state index is 14.0. The lowest BCUT2D eigenvalue weighted by Crippen LogP contribution is -2.41. The number of pyridine rings is 1. The number of rotatable bonds is 5. The molecule has 2 aromatic rings. The summed E-state index contributed by atoms with van der Waals surface area (Å²) in [6.07, 6.45) is -8.16. The molecule has 1 atom stereocenters. The van der Waals surface area contributed by atoms with Crippen molar-refractivity contribution in [1.82, 2.24) is 14.5 Å². The number of hydrogen-bond donors (Lipinski definition) is 0. The fourth-order valence-electron chi connectivity index (χ4n) is 2.19. The molecule has 0 aliphatic rings. The standard InChI is InChI=1S/C14H12BrF6N3O2S/c1-3-27(25,26)9-4-7(15)5-22-10(9)12-23-6-8(24(12)2)11(16)13(17,18)14(19,20)21/h4-6,11H,3H2,1-2H3/t11-/m1/s1. The zero-order valence-corrected chi connectivity index (χ0v) is 16.1. The quantitative estimate of drug-likeness (QED) is 0.601. The first-order valence-corrected chi connectivity index (χ1v) is 9.67. The molecule has 0 aromatic carbocycles. The van der Waals surface area contributed by atoms with Crippen LogP contribution in [0.5, 0.6) is 0 Å². The Morgan fingerprint density at radius 1 is 1.19 bits per heavy atom. The van der Waals surface area contributed by atoms with Crippen LogP contribution in [0.3, 0.4) is 0 Å². The Balaban J connectivity index is 2.63. The van der Waals surface area contributed by atoms with E-state index < -0.39 is 33.8 Å². The van der Waals surface area contributed by atoms with E-state index >= 15 is 0 Å². The maximum Gasteiger partial charge on any atom is 0.456 e. The SMILES string of the molecule is CCS(=O)(=O)c1cc(Br)cnc1-c1ncc([C@@H](F)C(F)(F)C(F)(F)F)n1C. The lowest BCUT2D eigenvalue weighted by Gasteiger charge is -2.23. The molecule has 2 heterocycles. The maximum atomic E-state index is 14.0. The molecule has 27 heavy (non-hydrogen) atoms. The highest BCUT2D eigenvalue weighted by Crippen LogP contribution is 2.46. The van der Waals surface area contributed by atoms with Gasteiger partial charge in [-0.3, -0.25) is 4.98 Å². The van der Waals surface area contributed by atoms with Gasteiger partial charge in [0.25, 0.3) is 0 Å². The summed E-state index contributed by atoms with van der Waals surface area (Å²) in [6.45, 7) is 1.35. The van der Waals surface area contributed by atoms with Crippen molar-refractivity contribution in [3.8, 4) is 11.5 Å². The van der Waals surface area contributed by atoms with Crippen LogP contribution in [0.15, 0.2) is 27.8 Å². The van der Waals surface area contributed by atoms with Crippen LogP contribution < -0.4 is 0 Å². The van der Waals surface area contributed by atoms with Gasteiger partial charge in [0.1, 0.15) is 5.69 Å². The molecule has 0 amide bonds. The second-order valence-corrected chi connectivity index (χ2v) is 8.62. The average Bonchev–Trinajstić information content (AvgIpc) is 2.94. The predicted molar refractivity (Wildman–Crippen MR) is 86.7 cm³/mol. The molecule has 0 unspecified atom stereocenters. The van der Waals surface area contributed by atoms with Crippen LogP contribution >= 0.6 is 15.9 Å². The van der Waals surface area contributed by atoms with E-state index in [1.54, 1.807) is 0 Å². The Bertz CT molecular complexity index is 958. The number of halogens is 7. The van der Waals surface area contributed by atoms with Gasteiger partial charge in [-0.25, -0.2) is 17.8 Å². The van der Waals surface area contributed by atoms with Crippen LogP contribution in [0.25, 0.3) is 11.5 Å². The summed E-state index contributed by atoms with van der Waals surface area (Å²) in [5.41, 5.74) is -1.37. The molecule has 0 aliphatic carbocycles. The molecule has 2 aromatic heterocycles. The lowest BCUT2D eigenvalue weighted by molar-refractivity contribution is -0.305. The number of hydrogen-bond acceptors (Lipinski definition) is 4. The smallest absolute Gasteiger partial charge is 0.327 e. The van der Waals surface area contributed by atoms with Gasteiger partial charge in [-0.1, -0.05) is 6.92 Å². The van der Waals surface area contributed by atoms with Gasteiger partial charge in [-0.2, -0.15) is 22.0 Å². The van der Waals surface area contributed by atoms with Crippen molar-refractivity contribution in [2.24, 2.45) is 7.05 Å². The summed E-state index contributed by atoms with van der Waals surface area (Å²) < 4.78 is 103. The minimum absolute atomic E-state index is 0.291. The lowest BCUT2D eigenvalue weighted by atomic mass is 10.1. The van der Waals surface area contributed by atoms with E-state index in [-0.39, 0.29) is 22.2 Å². The third-order valence-electron chi connectivity index (χ3n) is 3.73. The third-order valence-corrected chi connectivity index (χ3v) is 5.90. The molecule has 0 spiro atoms. The summed E-state index contributed by atoms with van der Waals surface area (Å²) >= 11 is 3.05. The molecule has 0 aliphatic heterocycles. The van der Waals surface area contributed by atoms with Crippen molar-refractivity contribution >= 4 is 25.8 Å². The van der Waals surface area contributed by atoms with Crippen LogP contribution in [0.1, 0.15) is 18.8 Å². The minimum atomic E-state index is -6.11. The molecule has 0 radical (unpaired) electrons. The Hall–Kier alpha value is -1.63. The van der Waals surface area contributed by atoms with Gasteiger partial charge in [0.15, 0.2) is 15.7 Å². The Kier molecular flexibility index (Phi) is 5.68. The van der Waals surface area contributed by atoms with Crippen LogP contribution in [0.4, 0.5) is 26.3 Å². The highest BCUT2D eigenvalue weighted by Gasteiger charge is 2.64. The zero-order chi connectivity index (χ0) is 20.8. The van der Waals surface area contributed by atoms with E-state index in [4.69, 9.17) is 0 Å².